The lowest BCUT2D eigenvalue weighted by molar-refractivity contribution is 0.415. The van der Waals surface area contributed by atoms with Crippen LogP contribution < -0.4 is 9.47 Å². The van der Waals surface area contributed by atoms with Crippen LogP contribution in [0.4, 0.5) is 0 Å². The van der Waals surface area contributed by atoms with Crippen LogP contribution in [0, 0.1) is 0 Å². The van der Waals surface area contributed by atoms with Crippen LogP contribution in [0.1, 0.15) is 0 Å². The first kappa shape index (κ1) is 12.4. The highest BCUT2D eigenvalue weighted by Gasteiger charge is 2.11. The van der Waals surface area contributed by atoms with E-state index in [-0.39, 0.29) is 0 Å². The molecule has 0 aliphatic rings. The third-order valence-corrected chi connectivity index (χ3v) is 4.82. The van der Waals surface area contributed by atoms with Crippen LogP contribution in [0.15, 0.2) is 42.6 Å². The van der Waals surface area contributed by atoms with Gasteiger partial charge in [-0.2, -0.15) is 0 Å². The average molecular weight is 295 g/mol. The fraction of sp³-hybridized carbons (Fsp3) is 0.118. The molecule has 0 aliphatic carbocycles. The molecule has 2 aromatic heterocycles. The SMILES string of the molecule is COc1ccc2ncc3sc4ccc(OC)cc4c3c2c1. The van der Waals surface area contributed by atoms with Crippen molar-refractivity contribution in [2.24, 2.45) is 0 Å². The summed E-state index contributed by atoms with van der Waals surface area (Å²) < 4.78 is 13.1. The Balaban J connectivity index is 2.20. The lowest BCUT2D eigenvalue weighted by Crippen LogP contribution is -1.85. The number of benzene rings is 2. The minimum absolute atomic E-state index is 0.846. The van der Waals surface area contributed by atoms with Crippen molar-refractivity contribution in [3.8, 4) is 11.5 Å². The highest BCUT2D eigenvalue weighted by atomic mass is 32.1. The Bertz CT molecular complexity index is 969. The Hall–Kier alpha value is -2.33. The van der Waals surface area contributed by atoms with Crippen molar-refractivity contribution in [3.63, 3.8) is 0 Å². The van der Waals surface area contributed by atoms with Gasteiger partial charge < -0.3 is 9.47 Å². The molecule has 0 aliphatic heterocycles. The van der Waals surface area contributed by atoms with Crippen molar-refractivity contribution in [1.82, 2.24) is 4.98 Å². The van der Waals surface area contributed by atoms with Gasteiger partial charge in [0, 0.05) is 27.1 Å². The van der Waals surface area contributed by atoms with Gasteiger partial charge in [-0.05, 0) is 36.4 Å². The number of thiophene rings is 1. The molecule has 0 saturated carbocycles. The molecule has 0 atom stereocenters. The normalized spacial score (nSPS) is 11.3. The predicted molar refractivity (Wildman–Crippen MR) is 87.7 cm³/mol. The average Bonchev–Trinajstić information content (AvgIpc) is 2.92. The zero-order chi connectivity index (χ0) is 14.4. The number of ether oxygens (including phenoxy) is 2. The summed E-state index contributed by atoms with van der Waals surface area (Å²) in [5, 5.41) is 3.54. The third kappa shape index (κ3) is 1.83. The minimum atomic E-state index is 0.846. The van der Waals surface area contributed by atoms with Crippen LogP contribution in [0.5, 0.6) is 11.5 Å². The van der Waals surface area contributed by atoms with Gasteiger partial charge in [0.25, 0.3) is 0 Å². The van der Waals surface area contributed by atoms with E-state index in [1.54, 1.807) is 25.6 Å². The predicted octanol–water partition coefficient (Wildman–Crippen LogP) is 4.62. The van der Waals surface area contributed by atoms with Gasteiger partial charge in [0.15, 0.2) is 0 Å². The molecule has 4 aromatic rings. The maximum Gasteiger partial charge on any atom is 0.119 e. The van der Waals surface area contributed by atoms with E-state index in [1.807, 2.05) is 24.4 Å². The van der Waals surface area contributed by atoms with Gasteiger partial charge in [0.2, 0.25) is 0 Å². The Morgan fingerprint density at radius 2 is 1.57 bits per heavy atom. The molecule has 21 heavy (non-hydrogen) atoms. The van der Waals surface area contributed by atoms with Gasteiger partial charge in [0.05, 0.1) is 24.4 Å². The topological polar surface area (TPSA) is 31.4 Å². The number of hydrogen-bond acceptors (Lipinski definition) is 4. The minimum Gasteiger partial charge on any atom is -0.497 e. The maximum absolute atomic E-state index is 5.36. The molecule has 0 bridgehead atoms. The molecule has 0 radical (unpaired) electrons. The molecule has 4 rings (SSSR count). The lowest BCUT2D eigenvalue weighted by Gasteiger charge is -2.04. The number of methoxy groups -OCH3 is 2. The van der Waals surface area contributed by atoms with Crippen molar-refractivity contribution in [1.29, 1.82) is 0 Å². The van der Waals surface area contributed by atoms with E-state index < -0.39 is 0 Å². The molecule has 4 heteroatoms. The largest absolute Gasteiger partial charge is 0.497 e. The molecular formula is C17H13NO2S. The van der Waals surface area contributed by atoms with Gasteiger partial charge in [-0.15, -0.1) is 11.3 Å². The van der Waals surface area contributed by atoms with Crippen molar-refractivity contribution in [3.05, 3.63) is 42.6 Å². The summed E-state index contributed by atoms with van der Waals surface area (Å²) >= 11 is 1.75. The van der Waals surface area contributed by atoms with Crippen molar-refractivity contribution in [2.75, 3.05) is 14.2 Å². The van der Waals surface area contributed by atoms with E-state index in [4.69, 9.17) is 9.47 Å². The molecule has 2 aromatic carbocycles. The first-order chi connectivity index (χ1) is 10.3. The molecule has 0 amide bonds. The van der Waals surface area contributed by atoms with Crippen LogP contribution >= 0.6 is 11.3 Å². The lowest BCUT2D eigenvalue weighted by atomic mass is 10.1. The fourth-order valence-corrected chi connectivity index (χ4v) is 3.75. The number of aromatic nitrogens is 1. The Morgan fingerprint density at radius 1 is 0.857 bits per heavy atom. The standard InChI is InChI=1S/C17H13NO2S/c1-19-10-3-5-14-12(7-10)17-13-8-11(20-2)4-6-15(13)21-16(17)9-18-14/h3-9H,1-2H3. The van der Waals surface area contributed by atoms with E-state index in [0.29, 0.717) is 0 Å². The second kappa shape index (κ2) is 4.60. The number of pyridine rings is 1. The van der Waals surface area contributed by atoms with Crippen LogP contribution in [0.25, 0.3) is 31.1 Å². The molecule has 2 heterocycles. The Morgan fingerprint density at radius 3 is 2.33 bits per heavy atom. The molecule has 0 unspecified atom stereocenters. The fourth-order valence-electron chi connectivity index (χ4n) is 2.67. The molecule has 0 fully saturated rings. The maximum atomic E-state index is 5.36. The second-order valence-electron chi connectivity index (χ2n) is 4.84. The Labute approximate surface area is 125 Å². The summed E-state index contributed by atoms with van der Waals surface area (Å²) in [6.45, 7) is 0. The van der Waals surface area contributed by atoms with Gasteiger partial charge in [0.1, 0.15) is 11.5 Å². The molecule has 104 valence electrons. The van der Waals surface area contributed by atoms with Crippen LogP contribution in [0.2, 0.25) is 0 Å². The van der Waals surface area contributed by atoms with Gasteiger partial charge in [-0.25, -0.2) is 0 Å². The molecule has 0 saturated heterocycles. The van der Waals surface area contributed by atoms with Crippen LogP contribution in [-0.2, 0) is 0 Å². The summed E-state index contributed by atoms with van der Waals surface area (Å²) in [5.74, 6) is 1.72. The molecule has 0 N–H and O–H groups in total. The van der Waals surface area contributed by atoms with E-state index in [2.05, 4.69) is 23.2 Å². The summed E-state index contributed by atoms with van der Waals surface area (Å²) in [6, 6.07) is 12.2. The number of nitrogens with zero attached hydrogens (tertiary/aromatic N) is 1. The van der Waals surface area contributed by atoms with E-state index in [9.17, 15) is 0 Å². The molecule has 0 spiro atoms. The molecular weight excluding hydrogens is 282 g/mol. The van der Waals surface area contributed by atoms with Gasteiger partial charge in [-0.3, -0.25) is 4.98 Å². The summed E-state index contributed by atoms with van der Waals surface area (Å²) in [7, 11) is 3.38. The number of hydrogen-bond donors (Lipinski definition) is 0. The Kier molecular flexibility index (Phi) is 2.72. The van der Waals surface area contributed by atoms with E-state index in [1.165, 1.54) is 20.2 Å². The van der Waals surface area contributed by atoms with Crippen LogP contribution in [0.3, 0.4) is 0 Å². The third-order valence-electron chi connectivity index (χ3n) is 3.72. The van der Waals surface area contributed by atoms with Crippen molar-refractivity contribution >= 4 is 42.4 Å². The van der Waals surface area contributed by atoms with Crippen molar-refractivity contribution in [2.45, 2.75) is 0 Å². The number of fused-ring (bicyclic) bond motifs is 5. The van der Waals surface area contributed by atoms with E-state index in [0.717, 1.165) is 22.4 Å². The van der Waals surface area contributed by atoms with Crippen LogP contribution in [-0.4, -0.2) is 19.2 Å². The first-order valence-electron chi connectivity index (χ1n) is 6.63. The zero-order valence-electron chi connectivity index (χ0n) is 11.7. The van der Waals surface area contributed by atoms with E-state index >= 15 is 0 Å². The smallest absolute Gasteiger partial charge is 0.119 e. The quantitative estimate of drug-likeness (QED) is 0.540. The van der Waals surface area contributed by atoms with Gasteiger partial charge in [-0.1, -0.05) is 0 Å². The molecule has 3 nitrogen and oxygen atoms in total. The summed E-state index contributed by atoms with van der Waals surface area (Å²) in [6.07, 6.45) is 1.95. The monoisotopic (exact) mass is 295 g/mol. The zero-order valence-corrected chi connectivity index (χ0v) is 12.5. The number of rotatable bonds is 2. The summed E-state index contributed by atoms with van der Waals surface area (Å²) in [4.78, 5) is 4.55. The highest BCUT2D eigenvalue weighted by molar-refractivity contribution is 7.26. The first-order valence-corrected chi connectivity index (χ1v) is 7.45. The van der Waals surface area contributed by atoms with Gasteiger partial charge >= 0.3 is 0 Å². The second-order valence-corrected chi connectivity index (χ2v) is 5.93. The highest BCUT2D eigenvalue weighted by Crippen LogP contribution is 2.39. The summed E-state index contributed by atoms with van der Waals surface area (Å²) in [5.41, 5.74) is 0.978. The van der Waals surface area contributed by atoms with Crippen molar-refractivity contribution < 1.29 is 9.47 Å².